The minimum atomic E-state index is -0.512. The van der Waals surface area contributed by atoms with Crippen LogP contribution in [0, 0.1) is 12.7 Å². The van der Waals surface area contributed by atoms with Gasteiger partial charge < -0.3 is 10.2 Å². The van der Waals surface area contributed by atoms with E-state index >= 15 is 0 Å². The van der Waals surface area contributed by atoms with E-state index in [-0.39, 0.29) is 17.8 Å². The van der Waals surface area contributed by atoms with Gasteiger partial charge in [0.25, 0.3) is 0 Å². The number of halogens is 1. The summed E-state index contributed by atoms with van der Waals surface area (Å²) in [6, 6.07) is 5.71. The lowest BCUT2D eigenvalue weighted by Gasteiger charge is -2.32. The van der Waals surface area contributed by atoms with E-state index in [1.807, 2.05) is 6.92 Å². The van der Waals surface area contributed by atoms with Gasteiger partial charge in [0.2, 0.25) is 5.16 Å². The van der Waals surface area contributed by atoms with E-state index in [1.54, 1.807) is 23.7 Å². The third-order valence-electron chi connectivity index (χ3n) is 3.35. The Hall–Kier alpha value is -2.09. The second-order valence-electron chi connectivity index (χ2n) is 4.81. The van der Waals surface area contributed by atoms with Crippen molar-refractivity contribution in [1.29, 1.82) is 0 Å². The molecule has 8 heteroatoms. The minimum absolute atomic E-state index is 0.303. The topological polar surface area (TPSA) is 69.0 Å². The summed E-state index contributed by atoms with van der Waals surface area (Å²) in [5.41, 5.74) is 4.01. The number of ether oxygens (including phenoxy) is 1. The first-order chi connectivity index (χ1) is 10.6. The van der Waals surface area contributed by atoms with Gasteiger partial charge in [0.05, 0.1) is 12.6 Å². The van der Waals surface area contributed by atoms with Crippen molar-refractivity contribution in [2.45, 2.75) is 30.3 Å². The van der Waals surface area contributed by atoms with E-state index in [0.717, 1.165) is 5.56 Å². The molecule has 22 heavy (non-hydrogen) atoms. The van der Waals surface area contributed by atoms with Crippen LogP contribution in [0.5, 0.6) is 0 Å². The molecule has 0 saturated carbocycles. The van der Waals surface area contributed by atoms with Gasteiger partial charge in [-0.15, -0.1) is 10.2 Å². The van der Waals surface area contributed by atoms with E-state index < -0.39 is 5.25 Å². The number of aromatic nitrogens is 3. The Morgan fingerprint density at radius 2 is 2.14 bits per heavy atom. The smallest absolute Gasteiger partial charge is 0.322 e. The van der Waals surface area contributed by atoms with Gasteiger partial charge in [0, 0.05) is 0 Å². The highest BCUT2D eigenvalue weighted by Crippen LogP contribution is 2.37. The van der Waals surface area contributed by atoms with Gasteiger partial charge in [0.1, 0.15) is 16.9 Å². The quantitative estimate of drug-likeness (QED) is 0.872. The van der Waals surface area contributed by atoms with Crippen molar-refractivity contribution in [3.05, 3.63) is 41.5 Å². The Labute approximate surface area is 131 Å². The molecule has 0 amide bonds. The van der Waals surface area contributed by atoms with E-state index in [4.69, 9.17) is 4.74 Å². The van der Waals surface area contributed by atoms with Crippen molar-refractivity contribution in [3.63, 3.8) is 0 Å². The Balaban J connectivity index is 1.97. The second-order valence-corrected chi connectivity index (χ2v) is 5.92. The van der Waals surface area contributed by atoms with E-state index in [9.17, 15) is 9.18 Å². The standard InChI is InChI=1S/C14H15FN4O2S/c1-3-21-13(20)12-11(9-4-6-10(15)7-5-9)18-19-8(2)16-17-14(19)22-12/h4-7,11-12,18H,3H2,1-2H3/t11-,12+/m0/s1. The van der Waals surface area contributed by atoms with E-state index in [1.165, 1.54) is 23.9 Å². The maximum absolute atomic E-state index is 13.1. The van der Waals surface area contributed by atoms with Crippen LogP contribution in [0.15, 0.2) is 29.4 Å². The molecule has 0 bridgehead atoms. The number of carbonyl (C=O) groups is 1. The fraction of sp³-hybridized carbons (Fsp3) is 0.357. The molecule has 0 unspecified atom stereocenters. The maximum Gasteiger partial charge on any atom is 0.322 e. The van der Waals surface area contributed by atoms with Crippen molar-refractivity contribution in [3.8, 4) is 0 Å². The molecule has 2 heterocycles. The summed E-state index contributed by atoms with van der Waals surface area (Å²) in [5.74, 6) is 0.0409. The summed E-state index contributed by atoms with van der Waals surface area (Å²) in [4.78, 5) is 12.3. The predicted molar refractivity (Wildman–Crippen MR) is 79.5 cm³/mol. The lowest BCUT2D eigenvalue weighted by atomic mass is 10.0. The molecule has 6 nitrogen and oxygen atoms in total. The molecule has 2 aromatic rings. The van der Waals surface area contributed by atoms with Crippen LogP contribution in [0.1, 0.15) is 24.4 Å². The predicted octanol–water partition coefficient (Wildman–Crippen LogP) is 2.05. The Morgan fingerprint density at radius 3 is 2.82 bits per heavy atom. The molecule has 3 rings (SSSR count). The first-order valence-corrected chi connectivity index (χ1v) is 7.75. The summed E-state index contributed by atoms with van der Waals surface area (Å²) >= 11 is 1.29. The average molecular weight is 322 g/mol. The highest BCUT2D eigenvalue weighted by Gasteiger charge is 2.38. The third kappa shape index (κ3) is 2.66. The van der Waals surface area contributed by atoms with Crippen LogP contribution in [-0.2, 0) is 9.53 Å². The van der Waals surface area contributed by atoms with Crippen molar-refractivity contribution in [2.75, 3.05) is 12.0 Å². The number of benzene rings is 1. The lowest BCUT2D eigenvalue weighted by Crippen LogP contribution is -2.39. The summed E-state index contributed by atoms with van der Waals surface area (Å²) in [5, 5.41) is 8.13. The first-order valence-electron chi connectivity index (χ1n) is 6.87. The second kappa shape index (κ2) is 5.96. The van der Waals surface area contributed by atoms with Gasteiger partial charge in [-0.2, -0.15) is 0 Å². The van der Waals surface area contributed by atoms with Crippen molar-refractivity contribution in [1.82, 2.24) is 14.9 Å². The summed E-state index contributed by atoms with van der Waals surface area (Å²) in [7, 11) is 0. The van der Waals surface area contributed by atoms with Crippen molar-refractivity contribution < 1.29 is 13.9 Å². The number of hydrogen-bond acceptors (Lipinski definition) is 6. The lowest BCUT2D eigenvalue weighted by molar-refractivity contribution is -0.142. The summed E-state index contributed by atoms with van der Waals surface area (Å²) < 4.78 is 20.0. The molecule has 1 aromatic heterocycles. The molecule has 0 radical (unpaired) electrons. The highest BCUT2D eigenvalue weighted by atomic mass is 32.2. The number of carbonyl (C=O) groups excluding carboxylic acids is 1. The number of nitrogens with zero attached hydrogens (tertiary/aromatic N) is 3. The number of rotatable bonds is 3. The van der Waals surface area contributed by atoms with Crippen LogP contribution in [-0.4, -0.2) is 32.7 Å². The number of fused-ring (bicyclic) bond motifs is 1. The average Bonchev–Trinajstić information content (AvgIpc) is 2.88. The zero-order chi connectivity index (χ0) is 15.7. The molecular formula is C14H15FN4O2S. The fourth-order valence-corrected chi connectivity index (χ4v) is 3.41. The van der Waals surface area contributed by atoms with Crippen molar-refractivity contribution in [2.24, 2.45) is 0 Å². The number of thioether (sulfide) groups is 1. The third-order valence-corrected chi connectivity index (χ3v) is 4.54. The van der Waals surface area contributed by atoms with Gasteiger partial charge in [-0.3, -0.25) is 4.79 Å². The van der Waals surface area contributed by atoms with E-state index in [0.29, 0.717) is 17.6 Å². The molecule has 0 saturated heterocycles. The molecule has 1 N–H and O–H groups in total. The minimum Gasteiger partial charge on any atom is -0.465 e. The highest BCUT2D eigenvalue weighted by molar-refractivity contribution is 8.00. The zero-order valence-electron chi connectivity index (χ0n) is 12.1. The zero-order valence-corrected chi connectivity index (χ0v) is 12.9. The van der Waals surface area contributed by atoms with Crippen LogP contribution in [0.25, 0.3) is 0 Å². The van der Waals surface area contributed by atoms with Gasteiger partial charge in [-0.1, -0.05) is 23.9 Å². The van der Waals surface area contributed by atoms with Crippen LogP contribution in [0.3, 0.4) is 0 Å². The number of esters is 1. The van der Waals surface area contributed by atoms with Crippen LogP contribution in [0.4, 0.5) is 4.39 Å². The Bertz CT molecular complexity index is 689. The number of hydrogen-bond donors (Lipinski definition) is 1. The summed E-state index contributed by atoms with van der Waals surface area (Å²) in [6.07, 6.45) is 0. The van der Waals surface area contributed by atoms with Crippen LogP contribution in [0.2, 0.25) is 0 Å². The SMILES string of the molecule is CCOC(=O)[C@@H]1Sc2nnc(C)n2N[C@H]1c1ccc(F)cc1. The fourth-order valence-electron chi connectivity index (χ4n) is 2.28. The maximum atomic E-state index is 13.1. The largest absolute Gasteiger partial charge is 0.465 e. The molecule has 0 fully saturated rings. The molecule has 0 spiro atoms. The molecular weight excluding hydrogens is 307 g/mol. The molecule has 0 aliphatic carbocycles. The van der Waals surface area contributed by atoms with Crippen LogP contribution < -0.4 is 5.43 Å². The molecule has 1 aliphatic rings. The molecule has 1 aromatic carbocycles. The Morgan fingerprint density at radius 1 is 1.41 bits per heavy atom. The van der Waals surface area contributed by atoms with Gasteiger partial charge in [-0.25, -0.2) is 9.07 Å². The number of nitrogens with one attached hydrogen (secondary N) is 1. The summed E-state index contributed by atoms with van der Waals surface area (Å²) in [6.45, 7) is 3.88. The molecule has 2 atom stereocenters. The molecule has 116 valence electrons. The van der Waals surface area contributed by atoms with Gasteiger partial charge in [0.15, 0.2) is 0 Å². The normalized spacial score (nSPS) is 20.1. The Kier molecular flexibility index (Phi) is 4.02. The van der Waals surface area contributed by atoms with Gasteiger partial charge in [-0.05, 0) is 31.5 Å². The number of aryl methyl sites for hydroxylation is 1. The van der Waals surface area contributed by atoms with Gasteiger partial charge >= 0.3 is 5.97 Å². The van der Waals surface area contributed by atoms with E-state index in [2.05, 4.69) is 15.6 Å². The monoisotopic (exact) mass is 322 g/mol. The molecule has 1 aliphatic heterocycles. The first kappa shape index (κ1) is 14.8. The van der Waals surface area contributed by atoms with Crippen molar-refractivity contribution >= 4 is 17.7 Å². The van der Waals surface area contributed by atoms with Crippen LogP contribution >= 0.6 is 11.8 Å².